The number of aliphatic imine (C=N–C) groups is 1. The van der Waals surface area contributed by atoms with Crippen molar-refractivity contribution in [2.45, 2.75) is 58.9 Å². The Balaban J connectivity index is 2.39. The van der Waals surface area contributed by atoms with Crippen LogP contribution in [0.2, 0.25) is 0 Å². The number of nitrogens with one attached hydrogen (secondary N) is 1. The van der Waals surface area contributed by atoms with Gasteiger partial charge < -0.3 is 5.32 Å². The number of rotatable bonds is 6. The third kappa shape index (κ3) is 4.10. The molecule has 1 fully saturated rings. The maximum absolute atomic E-state index is 13.2. The quantitative estimate of drug-likeness (QED) is 0.556. The van der Waals surface area contributed by atoms with Gasteiger partial charge in [0.05, 0.1) is 0 Å². The molecule has 1 unspecified atom stereocenters. The topological polar surface area (TPSA) is 24.4 Å². The highest BCUT2D eigenvalue weighted by molar-refractivity contribution is 5.46. The molecule has 1 aromatic carbocycles. The van der Waals surface area contributed by atoms with Crippen LogP contribution in [-0.2, 0) is 0 Å². The summed E-state index contributed by atoms with van der Waals surface area (Å²) in [4.78, 5) is 4.23. The molecule has 2 nitrogen and oxygen atoms in total. The Labute approximate surface area is 139 Å². The molecule has 1 N–H and O–H groups in total. The number of nitrogens with zero attached hydrogens (tertiary/aromatic N) is 1. The predicted molar refractivity (Wildman–Crippen MR) is 96.2 cm³/mol. The Bertz CT molecular complexity index is 645. The third-order valence-electron chi connectivity index (χ3n) is 4.68. The first kappa shape index (κ1) is 17.5. The van der Waals surface area contributed by atoms with Crippen molar-refractivity contribution >= 4 is 6.72 Å². The van der Waals surface area contributed by atoms with Gasteiger partial charge in [0.2, 0.25) is 0 Å². The molecule has 124 valence electrons. The maximum Gasteiger partial charge on any atom is 0.128 e. The van der Waals surface area contributed by atoms with E-state index in [4.69, 9.17) is 0 Å². The van der Waals surface area contributed by atoms with Crippen LogP contribution in [0.25, 0.3) is 0 Å². The lowest BCUT2D eigenvalue weighted by Crippen LogP contribution is -2.27. The van der Waals surface area contributed by atoms with Gasteiger partial charge in [-0.3, -0.25) is 0 Å². The number of hydrogen-bond acceptors (Lipinski definition) is 2. The van der Waals surface area contributed by atoms with E-state index in [9.17, 15) is 4.39 Å². The normalized spacial score (nSPS) is 17.8. The second-order valence-electron chi connectivity index (χ2n) is 7.00. The number of benzene rings is 1. The largest absolute Gasteiger partial charge is 0.365 e. The molecule has 0 spiro atoms. The molecule has 0 saturated heterocycles. The monoisotopic (exact) mass is 314 g/mol. The second kappa shape index (κ2) is 6.69. The van der Waals surface area contributed by atoms with E-state index < -0.39 is 0 Å². The molecule has 1 aliphatic rings. The van der Waals surface area contributed by atoms with E-state index in [1.807, 2.05) is 12.1 Å². The van der Waals surface area contributed by atoms with Gasteiger partial charge in [0.25, 0.3) is 0 Å². The minimum absolute atomic E-state index is 0.156. The molecule has 0 heterocycles. The fourth-order valence-electron chi connectivity index (χ4n) is 3.03. The smallest absolute Gasteiger partial charge is 0.128 e. The standard InChI is InChI=1S/C20H27FN2/c1-13(2)18(14(3)16-7-9-17(21)10-8-16)15(4)19(22-6)23-20(5)11-12-20/h7-10,14,23H,6,11-12H2,1-5H3/b19-15-. The molecule has 3 heteroatoms. The van der Waals surface area contributed by atoms with Crippen LogP contribution in [0.4, 0.5) is 4.39 Å². The summed E-state index contributed by atoms with van der Waals surface area (Å²) < 4.78 is 13.2. The number of hydrogen-bond donors (Lipinski definition) is 1. The van der Waals surface area contributed by atoms with Gasteiger partial charge in [-0.15, -0.1) is 0 Å². The Kier molecular flexibility index (Phi) is 5.08. The van der Waals surface area contributed by atoms with Gasteiger partial charge in [0.15, 0.2) is 0 Å². The highest BCUT2D eigenvalue weighted by Gasteiger charge is 2.38. The fraction of sp³-hybridized carbons (Fsp3) is 0.450. The van der Waals surface area contributed by atoms with Crippen molar-refractivity contribution in [1.82, 2.24) is 5.32 Å². The van der Waals surface area contributed by atoms with Gasteiger partial charge in [-0.25, -0.2) is 9.38 Å². The zero-order valence-electron chi connectivity index (χ0n) is 14.8. The second-order valence-corrected chi connectivity index (χ2v) is 7.00. The molecule has 1 atom stereocenters. The van der Waals surface area contributed by atoms with E-state index in [0.29, 0.717) is 0 Å². The molecular formula is C20H27FN2. The van der Waals surface area contributed by atoms with Crippen molar-refractivity contribution in [3.05, 3.63) is 58.2 Å². The van der Waals surface area contributed by atoms with Crippen LogP contribution in [0.15, 0.2) is 51.8 Å². The van der Waals surface area contributed by atoms with E-state index in [1.54, 1.807) is 0 Å². The summed E-state index contributed by atoms with van der Waals surface area (Å²) in [7, 11) is 0. The van der Waals surface area contributed by atoms with E-state index >= 15 is 0 Å². The van der Waals surface area contributed by atoms with Crippen molar-refractivity contribution in [1.29, 1.82) is 0 Å². The molecule has 1 aromatic rings. The molecule has 0 aromatic heterocycles. The average Bonchev–Trinajstić information content (AvgIpc) is 3.23. The molecule has 0 aliphatic heterocycles. The van der Waals surface area contributed by atoms with Gasteiger partial charge in [-0.2, -0.15) is 0 Å². The van der Waals surface area contributed by atoms with Gasteiger partial charge in [-0.1, -0.05) is 24.6 Å². The van der Waals surface area contributed by atoms with E-state index in [1.165, 1.54) is 23.3 Å². The highest BCUT2D eigenvalue weighted by atomic mass is 19.1. The molecule has 0 radical (unpaired) electrons. The van der Waals surface area contributed by atoms with Crippen LogP contribution >= 0.6 is 0 Å². The summed E-state index contributed by atoms with van der Waals surface area (Å²) in [6.45, 7) is 14.4. The molecule has 2 rings (SSSR count). The van der Waals surface area contributed by atoms with Gasteiger partial charge in [0.1, 0.15) is 11.6 Å². The van der Waals surface area contributed by atoms with Crippen molar-refractivity contribution < 1.29 is 4.39 Å². The van der Waals surface area contributed by atoms with Crippen LogP contribution in [0, 0.1) is 5.82 Å². The van der Waals surface area contributed by atoms with Crippen molar-refractivity contribution in [2.75, 3.05) is 0 Å². The molecule has 1 aliphatic carbocycles. The zero-order chi connectivity index (χ0) is 17.2. The molecule has 0 amide bonds. The summed E-state index contributed by atoms with van der Waals surface area (Å²) in [5, 5.41) is 3.52. The first-order valence-electron chi connectivity index (χ1n) is 8.16. The van der Waals surface area contributed by atoms with Crippen LogP contribution in [0.3, 0.4) is 0 Å². The molecule has 23 heavy (non-hydrogen) atoms. The van der Waals surface area contributed by atoms with Crippen LogP contribution < -0.4 is 5.32 Å². The van der Waals surface area contributed by atoms with Crippen LogP contribution in [0.1, 0.15) is 58.9 Å². The zero-order valence-corrected chi connectivity index (χ0v) is 14.8. The SMILES string of the molecule is C=N/C(NC1(C)CC1)=C(\C)C(=C(C)C)C(C)c1ccc(F)cc1. The Morgan fingerprint density at radius 2 is 1.78 bits per heavy atom. The predicted octanol–water partition coefficient (Wildman–Crippen LogP) is 5.34. The first-order valence-corrected chi connectivity index (χ1v) is 8.16. The summed E-state index contributed by atoms with van der Waals surface area (Å²) in [5.74, 6) is 0.824. The van der Waals surface area contributed by atoms with E-state index in [2.05, 4.69) is 51.6 Å². The minimum Gasteiger partial charge on any atom is -0.365 e. The Morgan fingerprint density at radius 3 is 2.22 bits per heavy atom. The Morgan fingerprint density at radius 1 is 1.22 bits per heavy atom. The summed E-state index contributed by atoms with van der Waals surface area (Å²) in [6.07, 6.45) is 2.33. The molecular weight excluding hydrogens is 287 g/mol. The summed E-state index contributed by atoms with van der Waals surface area (Å²) in [5.41, 5.74) is 4.84. The van der Waals surface area contributed by atoms with Gasteiger partial charge >= 0.3 is 0 Å². The highest BCUT2D eigenvalue weighted by Crippen LogP contribution is 2.38. The minimum atomic E-state index is -0.205. The van der Waals surface area contributed by atoms with Gasteiger partial charge in [-0.05, 0) is 76.1 Å². The van der Waals surface area contributed by atoms with E-state index in [-0.39, 0.29) is 17.3 Å². The fourth-order valence-corrected chi connectivity index (χ4v) is 3.03. The van der Waals surface area contributed by atoms with Gasteiger partial charge in [0, 0.05) is 11.5 Å². The van der Waals surface area contributed by atoms with Crippen molar-refractivity contribution in [3.8, 4) is 0 Å². The van der Waals surface area contributed by atoms with Crippen molar-refractivity contribution in [2.24, 2.45) is 4.99 Å². The molecule has 0 bridgehead atoms. The summed E-state index contributed by atoms with van der Waals surface area (Å²) in [6, 6.07) is 6.74. The average molecular weight is 314 g/mol. The number of halogens is 1. The van der Waals surface area contributed by atoms with Crippen LogP contribution in [-0.4, -0.2) is 12.3 Å². The lowest BCUT2D eigenvalue weighted by atomic mass is 9.85. The Hall–Kier alpha value is -1.90. The maximum atomic E-state index is 13.2. The van der Waals surface area contributed by atoms with E-state index in [0.717, 1.165) is 29.8 Å². The number of allylic oxidation sites excluding steroid dienone is 3. The van der Waals surface area contributed by atoms with Crippen LogP contribution in [0.5, 0.6) is 0 Å². The van der Waals surface area contributed by atoms with Crippen molar-refractivity contribution in [3.63, 3.8) is 0 Å². The third-order valence-corrected chi connectivity index (χ3v) is 4.68. The lowest BCUT2D eigenvalue weighted by molar-refractivity contribution is 0.599. The molecule has 1 saturated carbocycles. The summed E-state index contributed by atoms with van der Waals surface area (Å²) >= 11 is 0. The lowest BCUT2D eigenvalue weighted by Gasteiger charge is -2.23. The first-order chi connectivity index (χ1) is 10.8.